The average molecular weight is 596 g/mol. The molecule has 0 aliphatic carbocycles. The van der Waals surface area contributed by atoms with Gasteiger partial charge in [-0.1, -0.05) is 47.6 Å². The van der Waals surface area contributed by atoms with Crippen molar-refractivity contribution in [1.29, 1.82) is 5.26 Å². The predicted octanol–water partition coefficient (Wildman–Crippen LogP) is 5.26. The third-order valence-electron chi connectivity index (χ3n) is 7.70. The second-order valence-electron chi connectivity index (χ2n) is 11.0. The van der Waals surface area contributed by atoms with E-state index in [-0.39, 0.29) is 18.0 Å². The second-order valence-corrected chi connectivity index (χ2v) is 12.1. The van der Waals surface area contributed by atoms with Gasteiger partial charge in [-0.25, -0.2) is 14.6 Å². The van der Waals surface area contributed by atoms with Crippen molar-refractivity contribution >= 4 is 28.6 Å². The number of rotatable bonds is 7. The summed E-state index contributed by atoms with van der Waals surface area (Å²) in [4.78, 5) is 8.76. The van der Waals surface area contributed by atoms with Crippen LogP contribution in [0.15, 0.2) is 65.4 Å². The van der Waals surface area contributed by atoms with Gasteiger partial charge in [-0.05, 0) is 32.9 Å². The first-order valence-electron chi connectivity index (χ1n) is 13.9. The number of nitriles is 1. The Kier molecular flexibility index (Phi) is 6.90. The number of aryl methyl sites for hydroxylation is 1. The van der Waals surface area contributed by atoms with Crippen LogP contribution in [0.1, 0.15) is 36.9 Å². The van der Waals surface area contributed by atoms with Crippen LogP contribution >= 0.6 is 11.8 Å². The minimum absolute atomic E-state index is 0.286. The normalized spacial score (nSPS) is 22.6. The molecule has 5 aromatic rings. The lowest BCUT2D eigenvalue weighted by Gasteiger charge is -2.24. The first-order valence-corrected chi connectivity index (χ1v) is 15.1. The topological polar surface area (TPSA) is 147 Å². The van der Waals surface area contributed by atoms with Gasteiger partial charge in [-0.2, -0.15) is 22.1 Å². The summed E-state index contributed by atoms with van der Waals surface area (Å²) < 4.78 is 26.8. The van der Waals surface area contributed by atoms with E-state index in [1.807, 2.05) is 63.2 Å². The highest BCUT2D eigenvalue weighted by molar-refractivity contribution is 7.98. The fraction of sp³-hybridized carbons (Fsp3) is 0.323. The lowest BCUT2D eigenvalue weighted by molar-refractivity contribution is -0.195. The zero-order valence-corrected chi connectivity index (χ0v) is 24.6. The smallest absolute Gasteiger partial charge is 0.181 e. The molecule has 0 saturated carbocycles. The highest BCUT2D eigenvalue weighted by Gasteiger charge is 2.56. The molecule has 0 unspecified atom stereocenters. The fourth-order valence-electron chi connectivity index (χ4n) is 5.75. The Balaban J connectivity index is 1.19. The quantitative estimate of drug-likeness (QED) is 0.263. The second kappa shape index (κ2) is 10.8. The van der Waals surface area contributed by atoms with Crippen molar-refractivity contribution in [3.63, 3.8) is 0 Å². The summed E-state index contributed by atoms with van der Waals surface area (Å²) in [5, 5.41) is 19.2. The van der Waals surface area contributed by atoms with Gasteiger partial charge in [0.2, 0.25) is 0 Å². The van der Waals surface area contributed by atoms with Crippen molar-refractivity contribution in [2.45, 2.75) is 56.9 Å². The Bertz CT molecular complexity index is 1850. The van der Waals surface area contributed by atoms with Crippen LogP contribution in [-0.4, -0.2) is 54.8 Å². The molecule has 4 atom stereocenters. The molecule has 7 rings (SSSR count). The highest BCUT2D eigenvalue weighted by Crippen LogP contribution is 2.45. The highest BCUT2D eigenvalue weighted by atomic mass is 32.2. The van der Waals surface area contributed by atoms with E-state index in [1.165, 1.54) is 6.33 Å². The number of hydrogen-bond donors (Lipinski definition) is 1. The van der Waals surface area contributed by atoms with E-state index < -0.39 is 18.1 Å². The van der Waals surface area contributed by atoms with Crippen LogP contribution in [0.25, 0.3) is 33.6 Å². The van der Waals surface area contributed by atoms with E-state index in [1.54, 1.807) is 28.6 Å². The fourth-order valence-corrected chi connectivity index (χ4v) is 6.92. The summed E-state index contributed by atoms with van der Waals surface area (Å²) >= 11 is 1.72. The molecule has 2 saturated heterocycles. The van der Waals surface area contributed by atoms with Gasteiger partial charge in [0.05, 0.1) is 28.8 Å². The molecule has 43 heavy (non-hydrogen) atoms. The van der Waals surface area contributed by atoms with E-state index in [4.69, 9.17) is 29.6 Å². The summed E-state index contributed by atoms with van der Waals surface area (Å²) in [6, 6.07) is 19.4. The van der Waals surface area contributed by atoms with Gasteiger partial charge in [0.1, 0.15) is 30.0 Å². The van der Waals surface area contributed by atoms with Gasteiger partial charge in [-0.15, -0.1) is 0 Å². The molecule has 0 amide bonds. The van der Waals surface area contributed by atoms with Gasteiger partial charge in [0.25, 0.3) is 0 Å². The molecule has 2 aliphatic rings. The van der Waals surface area contributed by atoms with Gasteiger partial charge in [-0.3, -0.25) is 0 Å². The molecule has 12 heteroatoms. The van der Waals surface area contributed by atoms with Crippen molar-refractivity contribution in [3.05, 3.63) is 77.7 Å². The van der Waals surface area contributed by atoms with Crippen molar-refractivity contribution in [2.75, 3.05) is 11.5 Å². The number of nitrogens with two attached hydrogens (primary N) is 1. The number of nitrogen functional groups attached to an aromatic ring is 1. The number of fused-ring (bicyclic) bond motifs is 2. The first-order chi connectivity index (χ1) is 20.8. The number of hydrogen-bond acceptors (Lipinski definition) is 11. The van der Waals surface area contributed by atoms with Crippen molar-refractivity contribution in [2.24, 2.45) is 0 Å². The molecule has 3 aromatic heterocycles. The van der Waals surface area contributed by atoms with Crippen LogP contribution in [0, 0.1) is 18.3 Å². The monoisotopic (exact) mass is 595 g/mol. The SMILES string of the molecule is Cc1noc(-c2ccccc2)c1CSC[C@H]1O[C@@H](n2nc(-c3cccc(C#N)c3)c3c(N)ncnc32)[C@@H]2OC(C)(C)O[C@@H]21. The van der Waals surface area contributed by atoms with E-state index in [2.05, 4.69) is 21.2 Å². The average Bonchev–Trinajstić information content (AvgIpc) is 3.75. The van der Waals surface area contributed by atoms with Gasteiger partial charge in [0.15, 0.2) is 23.4 Å². The Morgan fingerprint density at radius 2 is 1.84 bits per heavy atom. The molecule has 2 fully saturated rings. The number of thioether (sulfide) groups is 1. The molecular weight excluding hydrogens is 566 g/mol. The van der Waals surface area contributed by atoms with Gasteiger partial charge < -0.3 is 24.5 Å². The molecule has 2 aliphatic heterocycles. The molecular formula is C31H29N7O4S. The minimum atomic E-state index is -0.799. The zero-order valence-electron chi connectivity index (χ0n) is 23.8. The van der Waals surface area contributed by atoms with E-state index >= 15 is 0 Å². The maximum Gasteiger partial charge on any atom is 0.181 e. The first kappa shape index (κ1) is 27.5. The molecule has 2 aromatic carbocycles. The van der Waals surface area contributed by atoms with Crippen LogP contribution in [0.2, 0.25) is 0 Å². The van der Waals surface area contributed by atoms with Gasteiger partial charge >= 0.3 is 0 Å². The standard InChI is InChI=1S/C31H29N7O4S/c1-17-21(25(42-37-17)19-9-5-4-6-10-19)14-43-15-22-26-27(41-31(2,3)40-26)30(39-22)38-29-23(28(33)34-16-35-29)24(36-38)20-11-7-8-18(12-20)13-32/h4-12,16,22,26-27,30H,14-15H2,1-3H3,(H2,33,34,35)/t22-,26-,27-,30-/m1/s1. The number of benzene rings is 2. The summed E-state index contributed by atoms with van der Waals surface area (Å²) in [5.74, 6) is 1.61. The largest absolute Gasteiger partial charge is 0.383 e. The van der Waals surface area contributed by atoms with E-state index in [0.717, 1.165) is 28.1 Å². The minimum Gasteiger partial charge on any atom is -0.383 e. The summed E-state index contributed by atoms with van der Waals surface area (Å²) in [6.07, 6.45) is -0.263. The molecule has 218 valence electrons. The van der Waals surface area contributed by atoms with Crippen LogP contribution < -0.4 is 5.73 Å². The third kappa shape index (κ3) is 4.94. The van der Waals surface area contributed by atoms with Gasteiger partial charge in [0, 0.05) is 28.2 Å². The molecule has 0 spiro atoms. The van der Waals surface area contributed by atoms with E-state index in [9.17, 15) is 5.26 Å². The lowest BCUT2D eigenvalue weighted by Crippen LogP contribution is -2.31. The molecule has 0 bridgehead atoms. The Morgan fingerprint density at radius 3 is 2.65 bits per heavy atom. The Morgan fingerprint density at radius 1 is 1.05 bits per heavy atom. The maximum atomic E-state index is 9.47. The van der Waals surface area contributed by atoms with Crippen LogP contribution in [0.4, 0.5) is 5.82 Å². The number of aromatic nitrogens is 5. The molecule has 0 radical (unpaired) electrons. The van der Waals surface area contributed by atoms with Crippen molar-refractivity contribution in [3.8, 4) is 28.7 Å². The van der Waals surface area contributed by atoms with Crippen LogP contribution in [0.5, 0.6) is 0 Å². The Hall–Kier alpha value is -4.28. The molecule has 5 heterocycles. The van der Waals surface area contributed by atoms with Crippen molar-refractivity contribution < 1.29 is 18.7 Å². The molecule has 11 nitrogen and oxygen atoms in total. The van der Waals surface area contributed by atoms with Crippen LogP contribution in [0.3, 0.4) is 0 Å². The number of nitrogens with zero attached hydrogens (tertiary/aromatic N) is 6. The number of anilines is 1. The summed E-state index contributed by atoms with van der Waals surface area (Å²) in [7, 11) is 0. The number of ether oxygens (including phenoxy) is 3. The Labute approximate surface area is 251 Å². The summed E-state index contributed by atoms with van der Waals surface area (Å²) in [5.41, 5.74) is 11.6. The van der Waals surface area contributed by atoms with Crippen LogP contribution in [-0.2, 0) is 20.0 Å². The third-order valence-corrected chi connectivity index (χ3v) is 8.76. The zero-order chi connectivity index (χ0) is 29.7. The maximum absolute atomic E-state index is 9.47. The molecule has 2 N–H and O–H groups in total. The van der Waals surface area contributed by atoms with E-state index in [0.29, 0.717) is 33.8 Å². The lowest BCUT2D eigenvalue weighted by atomic mass is 10.1. The summed E-state index contributed by atoms with van der Waals surface area (Å²) in [6.45, 7) is 5.76. The predicted molar refractivity (Wildman–Crippen MR) is 160 cm³/mol. The van der Waals surface area contributed by atoms with Crippen molar-refractivity contribution in [1.82, 2.24) is 24.9 Å².